The standard InChI is InChI=1S/C13H17NO2/c1-9(15)10-5-3-7-12(16-2)13(10)11-6-4-8-14-11/h3,5,7,10,14H,4,6,8H2,1-2H3/b13-11+. The Labute approximate surface area is 95.9 Å². The van der Waals surface area contributed by atoms with Crippen molar-refractivity contribution >= 4 is 5.78 Å². The van der Waals surface area contributed by atoms with Crippen LogP contribution in [0.3, 0.4) is 0 Å². The Kier molecular flexibility index (Phi) is 3.13. The molecule has 1 atom stereocenters. The highest BCUT2D eigenvalue weighted by Gasteiger charge is 2.27. The van der Waals surface area contributed by atoms with Crippen molar-refractivity contribution in [3.8, 4) is 0 Å². The molecule has 0 spiro atoms. The van der Waals surface area contributed by atoms with E-state index in [1.165, 1.54) is 0 Å². The zero-order valence-electron chi connectivity index (χ0n) is 9.75. The number of ketones is 1. The molecule has 86 valence electrons. The van der Waals surface area contributed by atoms with E-state index in [0.717, 1.165) is 36.4 Å². The van der Waals surface area contributed by atoms with Gasteiger partial charge in [0.05, 0.1) is 13.0 Å². The van der Waals surface area contributed by atoms with Gasteiger partial charge in [-0.1, -0.05) is 12.2 Å². The molecule has 0 bridgehead atoms. The van der Waals surface area contributed by atoms with Gasteiger partial charge in [-0.15, -0.1) is 0 Å². The molecule has 1 unspecified atom stereocenters. The molecule has 2 aliphatic rings. The Bertz CT molecular complexity index is 383. The third kappa shape index (κ3) is 1.90. The summed E-state index contributed by atoms with van der Waals surface area (Å²) in [6, 6.07) is 0. The van der Waals surface area contributed by atoms with Crippen LogP contribution < -0.4 is 5.32 Å². The monoisotopic (exact) mass is 219 g/mol. The maximum absolute atomic E-state index is 11.6. The first-order valence-electron chi connectivity index (χ1n) is 5.64. The minimum absolute atomic E-state index is 0.152. The first kappa shape index (κ1) is 11.0. The predicted octanol–water partition coefficient (Wildman–Crippen LogP) is 1.93. The highest BCUT2D eigenvalue weighted by molar-refractivity contribution is 5.85. The van der Waals surface area contributed by atoms with Crippen molar-refractivity contribution in [3.05, 3.63) is 35.3 Å². The number of nitrogens with one attached hydrogen (secondary N) is 1. The molecule has 1 aliphatic carbocycles. The topological polar surface area (TPSA) is 38.3 Å². The lowest BCUT2D eigenvalue weighted by molar-refractivity contribution is -0.118. The van der Waals surface area contributed by atoms with Crippen LogP contribution in [-0.2, 0) is 9.53 Å². The summed E-state index contributed by atoms with van der Waals surface area (Å²) in [6.45, 7) is 2.62. The van der Waals surface area contributed by atoms with Crippen LogP contribution in [0.2, 0.25) is 0 Å². The largest absolute Gasteiger partial charge is 0.496 e. The number of carbonyl (C=O) groups excluding carboxylic acids is 1. The minimum atomic E-state index is -0.152. The molecule has 16 heavy (non-hydrogen) atoms. The Morgan fingerprint density at radius 2 is 2.38 bits per heavy atom. The normalized spacial score (nSPS) is 28.6. The van der Waals surface area contributed by atoms with Gasteiger partial charge in [0.25, 0.3) is 0 Å². The average Bonchev–Trinajstić information content (AvgIpc) is 2.81. The Hall–Kier alpha value is -1.51. The fourth-order valence-electron chi connectivity index (χ4n) is 2.27. The number of hydrogen-bond acceptors (Lipinski definition) is 3. The zero-order chi connectivity index (χ0) is 11.5. The van der Waals surface area contributed by atoms with E-state index in [-0.39, 0.29) is 11.7 Å². The average molecular weight is 219 g/mol. The summed E-state index contributed by atoms with van der Waals surface area (Å²) in [6.07, 6.45) is 7.89. The van der Waals surface area contributed by atoms with E-state index in [2.05, 4.69) is 5.32 Å². The van der Waals surface area contributed by atoms with E-state index in [4.69, 9.17) is 4.74 Å². The van der Waals surface area contributed by atoms with Gasteiger partial charge >= 0.3 is 0 Å². The van der Waals surface area contributed by atoms with Gasteiger partial charge in [-0.05, 0) is 25.8 Å². The SMILES string of the molecule is COC1=CC=CC(C(C)=O)/C1=C1/CCCN1. The highest BCUT2D eigenvalue weighted by atomic mass is 16.5. The molecule has 1 heterocycles. The van der Waals surface area contributed by atoms with E-state index in [1.54, 1.807) is 14.0 Å². The second kappa shape index (κ2) is 4.56. The van der Waals surface area contributed by atoms with Gasteiger partial charge < -0.3 is 10.1 Å². The first-order chi connectivity index (χ1) is 7.74. The van der Waals surface area contributed by atoms with Crippen molar-refractivity contribution in [2.24, 2.45) is 5.92 Å². The Morgan fingerprint density at radius 1 is 1.56 bits per heavy atom. The number of ether oxygens (including phenoxy) is 1. The molecule has 0 amide bonds. The molecule has 1 saturated heterocycles. The number of allylic oxidation sites excluding steroid dienone is 5. The van der Waals surface area contributed by atoms with Gasteiger partial charge in [-0.2, -0.15) is 0 Å². The second-order valence-corrected chi connectivity index (χ2v) is 4.13. The van der Waals surface area contributed by atoms with Crippen molar-refractivity contribution in [1.29, 1.82) is 0 Å². The van der Waals surface area contributed by atoms with Crippen molar-refractivity contribution in [1.82, 2.24) is 5.32 Å². The lowest BCUT2D eigenvalue weighted by atomic mass is 9.88. The van der Waals surface area contributed by atoms with E-state index < -0.39 is 0 Å². The molecule has 0 aromatic rings. The van der Waals surface area contributed by atoms with Crippen LogP contribution in [0, 0.1) is 5.92 Å². The minimum Gasteiger partial charge on any atom is -0.496 e. The van der Waals surface area contributed by atoms with Crippen LogP contribution >= 0.6 is 0 Å². The van der Waals surface area contributed by atoms with Crippen molar-refractivity contribution < 1.29 is 9.53 Å². The number of methoxy groups -OCH3 is 1. The predicted molar refractivity (Wildman–Crippen MR) is 62.7 cm³/mol. The number of rotatable bonds is 2. The fraction of sp³-hybridized carbons (Fsp3) is 0.462. The van der Waals surface area contributed by atoms with E-state index in [0.29, 0.717) is 0 Å². The van der Waals surface area contributed by atoms with Crippen LogP contribution in [0.5, 0.6) is 0 Å². The van der Waals surface area contributed by atoms with Gasteiger partial charge in [0.2, 0.25) is 0 Å². The molecular weight excluding hydrogens is 202 g/mol. The number of hydrogen-bond donors (Lipinski definition) is 1. The molecule has 1 N–H and O–H groups in total. The van der Waals surface area contributed by atoms with Crippen LogP contribution in [0.4, 0.5) is 0 Å². The Balaban J connectivity index is 2.42. The highest BCUT2D eigenvalue weighted by Crippen LogP contribution is 2.31. The maximum atomic E-state index is 11.6. The van der Waals surface area contributed by atoms with Crippen molar-refractivity contribution in [3.63, 3.8) is 0 Å². The van der Waals surface area contributed by atoms with Crippen LogP contribution in [0.15, 0.2) is 35.3 Å². The number of carbonyl (C=O) groups is 1. The van der Waals surface area contributed by atoms with E-state index in [1.807, 2.05) is 18.2 Å². The smallest absolute Gasteiger partial charge is 0.141 e. The van der Waals surface area contributed by atoms with Crippen molar-refractivity contribution in [2.45, 2.75) is 19.8 Å². The van der Waals surface area contributed by atoms with E-state index in [9.17, 15) is 4.79 Å². The zero-order valence-corrected chi connectivity index (χ0v) is 9.75. The lowest BCUT2D eigenvalue weighted by Gasteiger charge is -2.22. The molecule has 0 aromatic carbocycles. The van der Waals surface area contributed by atoms with Gasteiger partial charge in [-0.25, -0.2) is 0 Å². The Morgan fingerprint density at radius 3 is 2.94 bits per heavy atom. The third-order valence-corrected chi connectivity index (χ3v) is 3.05. The molecule has 1 aliphatic heterocycles. The summed E-state index contributed by atoms with van der Waals surface area (Å²) in [7, 11) is 1.65. The quantitative estimate of drug-likeness (QED) is 0.771. The van der Waals surface area contributed by atoms with Crippen LogP contribution in [-0.4, -0.2) is 19.4 Å². The first-order valence-corrected chi connectivity index (χ1v) is 5.64. The molecule has 3 heteroatoms. The third-order valence-electron chi connectivity index (χ3n) is 3.05. The van der Waals surface area contributed by atoms with Gasteiger partial charge in [0.1, 0.15) is 11.5 Å². The van der Waals surface area contributed by atoms with Gasteiger partial charge in [-0.3, -0.25) is 4.79 Å². The molecule has 2 rings (SSSR count). The lowest BCUT2D eigenvalue weighted by Crippen LogP contribution is -2.20. The molecule has 0 saturated carbocycles. The maximum Gasteiger partial charge on any atom is 0.141 e. The molecule has 1 fully saturated rings. The molecule has 0 aromatic heterocycles. The molecule has 0 radical (unpaired) electrons. The summed E-state index contributed by atoms with van der Waals surface area (Å²) in [5.41, 5.74) is 2.19. The summed E-state index contributed by atoms with van der Waals surface area (Å²) < 4.78 is 5.36. The van der Waals surface area contributed by atoms with Crippen molar-refractivity contribution in [2.75, 3.05) is 13.7 Å². The second-order valence-electron chi connectivity index (χ2n) is 4.13. The summed E-state index contributed by atoms with van der Waals surface area (Å²) >= 11 is 0. The van der Waals surface area contributed by atoms with Crippen LogP contribution in [0.1, 0.15) is 19.8 Å². The van der Waals surface area contributed by atoms with E-state index >= 15 is 0 Å². The summed E-state index contributed by atoms with van der Waals surface area (Å²) in [5, 5.41) is 3.35. The van der Waals surface area contributed by atoms with Gasteiger partial charge in [0.15, 0.2) is 0 Å². The summed E-state index contributed by atoms with van der Waals surface area (Å²) in [5.74, 6) is 0.822. The van der Waals surface area contributed by atoms with Crippen LogP contribution in [0.25, 0.3) is 0 Å². The molecular formula is C13H17NO2. The molecule has 3 nitrogen and oxygen atoms in total. The fourth-order valence-corrected chi connectivity index (χ4v) is 2.27. The summed E-state index contributed by atoms with van der Waals surface area (Å²) in [4.78, 5) is 11.6. The number of Topliss-reactive ketones (excluding diaryl/α,β-unsaturated/α-hetero) is 1. The van der Waals surface area contributed by atoms with Gasteiger partial charge in [0, 0.05) is 17.8 Å².